The molecule has 1 nitrogen and oxygen atoms in total. The Labute approximate surface area is 88.7 Å². The lowest BCUT2D eigenvalue weighted by atomic mass is 9.82. The van der Waals surface area contributed by atoms with Crippen molar-refractivity contribution < 1.29 is 13.2 Å². The molecule has 88 valence electrons. The first-order valence-electron chi connectivity index (χ1n) is 5.11. The largest absolute Gasteiger partial charge is 0.408 e. The maximum atomic E-state index is 12.4. The summed E-state index contributed by atoms with van der Waals surface area (Å²) in [5, 5.41) is 2.45. The minimum absolute atomic E-state index is 0.0375. The maximum Gasteiger partial charge on any atom is 0.408 e. The molecule has 0 aliphatic carbocycles. The van der Waals surface area contributed by atoms with Gasteiger partial charge in [0.1, 0.15) is 6.04 Å². The van der Waals surface area contributed by atoms with E-state index in [1.165, 1.54) is 0 Å². The monoisotopic (exact) mass is 221 g/mol. The molecule has 0 aromatic heterocycles. The highest BCUT2D eigenvalue weighted by atomic mass is 19.4. The zero-order chi connectivity index (χ0) is 11.9. The third kappa shape index (κ3) is 3.43. The Bertz CT molecular complexity index is 250. The van der Waals surface area contributed by atoms with Gasteiger partial charge in [-0.3, -0.25) is 0 Å². The highest BCUT2D eigenvalue weighted by molar-refractivity contribution is 5.10. The predicted molar refractivity (Wildman–Crippen MR) is 54.3 cm³/mol. The van der Waals surface area contributed by atoms with Crippen molar-refractivity contribution >= 4 is 0 Å². The van der Waals surface area contributed by atoms with E-state index in [0.717, 1.165) is 6.42 Å². The summed E-state index contributed by atoms with van der Waals surface area (Å²) in [4.78, 5) is 0. The van der Waals surface area contributed by atoms with Crippen LogP contribution in [0.5, 0.6) is 0 Å². The Morgan fingerprint density at radius 3 is 2.20 bits per heavy atom. The molecule has 0 spiro atoms. The smallest absolute Gasteiger partial charge is 0.378 e. The van der Waals surface area contributed by atoms with Crippen LogP contribution in [0.1, 0.15) is 33.6 Å². The quantitative estimate of drug-likeness (QED) is 0.714. The van der Waals surface area contributed by atoms with Gasteiger partial charge >= 0.3 is 6.18 Å². The molecule has 0 aromatic rings. The van der Waals surface area contributed by atoms with Crippen molar-refractivity contribution in [2.45, 2.75) is 45.8 Å². The van der Waals surface area contributed by atoms with Gasteiger partial charge in [-0.25, -0.2) is 0 Å². The lowest BCUT2D eigenvalue weighted by Gasteiger charge is -2.22. The molecule has 2 unspecified atom stereocenters. The molecular weight excluding hydrogens is 203 g/mol. The third-order valence-corrected chi connectivity index (χ3v) is 2.63. The van der Waals surface area contributed by atoms with Crippen LogP contribution in [0, 0.1) is 11.3 Å². The first-order chi connectivity index (χ1) is 6.59. The summed E-state index contributed by atoms with van der Waals surface area (Å²) in [7, 11) is 0. The molecule has 0 saturated carbocycles. The molecule has 0 radical (unpaired) electrons. The fraction of sp³-hybridized carbons (Fsp3) is 0.818. The van der Waals surface area contributed by atoms with Crippen LogP contribution in [0.4, 0.5) is 13.2 Å². The molecule has 1 rings (SSSR count). The van der Waals surface area contributed by atoms with Gasteiger partial charge in [0.25, 0.3) is 0 Å². The normalized spacial score (nSPS) is 28.0. The van der Waals surface area contributed by atoms with E-state index in [1.54, 1.807) is 0 Å². The number of alkyl halides is 3. The summed E-state index contributed by atoms with van der Waals surface area (Å²) in [6.07, 6.45) is -3.29. The molecule has 4 heteroatoms. The van der Waals surface area contributed by atoms with Gasteiger partial charge in [0.15, 0.2) is 0 Å². The van der Waals surface area contributed by atoms with Crippen LogP contribution in [0.3, 0.4) is 0 Å². The van der Waals surface area contributed by atoms with E-state index in [1.807, 2.05) is 20.8 Å². The lowest BCUT2D eigenvalue weighted by molar-refractivity contribution is -0.152. The second-order valence-corrected chi connectivity index (χ2v) is 5.46. The van der Waals surface area contributed by atoms with Gasteiger partial charge < -0.3 is 5.32 Å². The lowest BCUT2D eigenvalue weighted by Crippen LogP contribution is -2.36. The molecule has 15 heavy (non-hydrogen) atoms. The number of allylic oxidation sites excluding steroid dienone is 1. The fourth-order valence-corrected chi connectivity index (χ4v) is 1.99. The summed E-state index contributed by atoms with van der Waals surface area (Å²) in [5.41, 5.74) is 0.572. The van der Waals surface area contributed by atoms with E-state index in [0.29, 0.717) is 5.70 Å². The van der Waals surface area contributed by atoms with Gasteiger partial charge in [0.2, 0.25) is 0 Å². The zero-order valence-corrected chi connectivity index (χ0v) is 9.41. The molecule has 1 aliphatic heterocycles. The molecule has 1 aliphatic rings. The van der Waals surface area contributed by atoms with Crippen LogP contribution in [0.2, 0.25) is 0 Å². The second kappa shape index (κ2) is 3.72. The van der Waals surface area contributed by atoms with Crippen LogP contribution < -0.4 is 5.32 Å². The molecule has 1 fully saturated rings. The van der Waals surface area contributed by atoms with Gasteiger partial charge in [-0.1, -0.05) is 27.4 Å². The number of halogens is 3. The van der Waals surface area contributed by atoms with Crippen molar-refractivity contribution in [1.29, 1.82) is 0 Å². The Morgan fingerprint density at radius 2 is 1.87 bits per heavy atom. The predicted octanol–water partition coefficient (Wildman–Crippen LogP) is 3.48. The third-order valence-electron chi connectivity index (χ3n) is 2.63. The van der Waals surface area contributed by atoms with E-state index in [2.05, 4.69) is 11.9 Å². The van der Waals surface area contributed by atoms with Crippen molar-refractivity contribution in [1.82, 2.24) is 5.32 Å². The molecule has 2 atom stereocenters. The van der Waals surface area contributed by atoms with E-state index in [9.17, 15) is 13.2 Å². The fourth-order valence-electron chi connectivity index (χ4n) is 1.99. The van der Waals surface area contributed by atoms with Crippen molar-refractivity contribution in [2.24, 2.45) is 11.3 Å². The second-order valence-electron chi connectivity index (χ2n) is 5.46. The molecule has 0 amide bonds. The number of hydrogen-bond acceptors (Lipinski definition) is 1. The highest BCUT2D eigenvalue weighted by Crippen LogP contribution is 2.38. The molecular formula is C11H18F3N. The van der Waals surface area contributed by atoms with E-state index in [-0.39, 0.29) is 17.8 Å². The van der Waals surface area contributed by atoms with Crippen molar-refractivity contribution in [3.63, 3.8) is 0 Å². The van der Waals surface area contributed by atoms with Crippen LogP contribution in [-0.4, -0.2) is 12.2 Å². The molecule has 1 saturated heterocycles. The Morgan fingerprint density at radius 1 is 1.33 bits per heavy atom. The highest BCUT2D eigenvalue weighted by Gasteiger charge is 2.46. The van der Waals surface area contributed by atoms with Crippen LogP contribution in [0.15, 0.2) is 12.3 Å². The molecule has 0 bridgehead atoms. The van der Waals surface area contributed by atoms with Gasteiger partial charge in [0, 0.05) is 11.6 Å². The summed E-state index contributed by atoms with van der Waals surface area (Å²) < 4.78 is 37.3. The van der Waals surface area contributed by atoms with Crippen LogP contribution in [-0.2, 0) is 0 Å². The molecule has 0 aromatic carbocycles. The average molecular weight is 221 g/mol. The molecule has 1 N–H and O–H groups in total. The molecule has 1 heterocycles. The first-order valence-corrected chi connectivity index (χ1v) is 5.11. The zero-order valence-electron chi connectivity index (χ0n) is 9.41. The first kappa shape index (κ1) is 12.4. The standard InChI is InChI=1S/C11H18F3N/c1-7-8(6-10(2,3)4)5-9(15-7)11(12,13)14/h8-9,15H,1,5-6H2,2-4H3. The minimum atomic E-state index is -4.16. The van der Waals surface area contributed by atoms with Crippen molar-refractivity contribution in [2.75, 3.05) is 0 Å². The van der Waals surface area contributed by atoms with Crippen LogP contribution in [0.25, 0.3) is 0 Å². The van der Waals surface area contributed by atoms with Gasteiger partial charge in [0.05, 0.1) is 0 Å². The van der Waals surface area contributed by atoms with E-state index < -0.39 is 12.2 Å². The summed E-state index contributed by atoms with van der Waals surface area (Å²) in [5.74, 6) is -0.0587. The summed E-state index contributed by atoms with van der Waals surface area (Å²) in [6.45, 7) is 9.76. The topological polar surface area (TPSA) is 12.0 Å². The number of hydrogen-bond donors (Lipinski definition) is 1. The van der Waals surface area contributed by atoms with E-state index in [4.69, 9.17) is 0 Å². The van der Waals surface area contributed by atoms with Gasteiger partial charge in [-0.05, 0) is 18.3 Å². The average Bonchev–Trinajstić information content (AvgIpc) is 2.27. The Kier molecular flexibility index (Phi) is 3.08. The number of rotatable bonds is 1. The summed E-state index contributed by atoms with van der Waals surface area (Å²) >= 11 is 0. The van der Waals surface area contributed by atoms with Crippen molar-refractivity contribution in [3.05, 3.63) is 12.3 Å². The summed E-state index contributed by atoms with van der Waals surface area (Å²) in [6, 6.07) is -1.41. The Hall–Kier alpha value is -0.670. The Balaban J connectivity index is 2.62. The van der Waals surface area contributed by atoms with Crippen molar-refractivity contribution in [3.8, 4) is 0 Å². The van der Waals surface area contributed by atoms with E-state index >= 15 is 0 Å². The van der Waals surface area contributed by atoms with Crippen LogP contribution >= 0.6 is 0 Å². The van der Waals surface area contributed by atoms with Gasteiger partial charge in [-0.15, -0.1) is 0 Å². The number of nitrogens with one attached hydrogen (secondary N) is 1. The minimum Gasteiger partial charge on any atom is -0.378 e. The maximum absolute atomic E-state index is 12.4. The SMILES string of the molecule is C=C1NC(C(F)(F)F)CC1CC(C)(C)C. The van der Waals surface area contributed by atoms with Gasteiger partial charge in [-0.2, -0.15) is 13.2 Å².